The van der Waals surface area contributed by atoms with E-state index in [4.69, 9.17) is 0 Å². The molecule has 0 spiro atoms. The molecule has 1 unspecified atom stereocenters. The predicted molar refractivity (Wildman–Crippen MR) is 157 cm³/mol. The van der Waals surface area contributed by atoms with Crippen molar-refractivity contribution in [2.75, 3.05) is 0 Å². The van der Waals surface area contributed by atoms with E-state index in [2.05, 4.69) is 56.8 Å². The van der Waals surface area contributed by atoms with Gasteiger partial charge in [0, 0.05) is 34.3 Å². The highest BCUT2D eigenvalue weighted by Gasteiger charge is 2.17. The molecule has 3 aromatic carbocycles. The molecule has 5 rings (SSSR count). The van der Waals surface area contributed by atoms with Crippen LogP contribution in [0.2, 0.25) is 0 Å². The molecule has 0 aliphatic heterocycles. The quantitative estimate of drug-likeness (QED) is 0.149. The van der Waals surface area contributed by atoms with Gasteiger partial charge in [0.05, 0.1) is 11.7 Å². The first-order valence-corrected chi connectivity index (χ1v) is 13.6. The van der Waals surface area contributed by atoms with Crippen LogP contribution >= 0.6 is 15.9 Å². The molecular weight excluding hydrogens is 554 g/mol. The zero-order valence-corrected chi connectivity index (χ0v) is 23.6. The minimum atomic E-state index is -1.52. The van der Waals surface area contributed by atoms with E-state index in [-0.39, 0.29) is 11.9 Å². The van der Waals surface area contributed by atoms with Crippen LogP contribution in [0.1, 0.15) is 57.7 Å². The number of hydrogen-bond acceptors (Lipinski definition) is 4. The Morgan fingerprint density at radius 2 is 1.72 bits per heavy atom. The largest absolute Gasteiger partial charge is 0.364 e. The van der Waals surface area contributed by atoms with Gasteiger partial charge < -0.3 is 20.1 Å². The summed E-state index contributed by atoms with van der Waals surface area (Å²) in [5.41, 5.74) is 8.09. The highest BCUT2D eigenvalue weighted by Crippen LogP contribution is 2.30. The smallest absolute Gasteiger partial charge is 0.251 e. The van der Waals surface area contributed by atoms with E-state index in [1.807, 2.05) is 67.6 Å². The van der Waals surface area contributed by atoms with Crippen LogP contribution in [0.3, 0.4) is 0 Å². The molecule has 3 N–H and O–H groups in total. The highest BCUT2D eigenvalue weighted by atomic mass is 79.9. The van der Waals surface area contributed by atoms with E-state index in [1.165, 1.54) is 0 Å². The van der Waals surface area contributed by atoms with Gasteiger partial charge in [-0.05, 0) is 89.3 Å². The Morgan fingerprint density at radius 3 is 2.44 bits per heavy atom. The molecule has 0 bridgehead atoms. The molecule has 39 heavy (non-hydrogen) atoms. The van der Waals surface area contributed by atoms with Gasteiger partial charge in [-0.25, -0.2) is 4.98 Å². The number of halogens is 1. The number of pyridine rings is 1. The van der Waals surface area contributed by atoms with E-state index in [0.717, 1.165) is 49.1 Å². The monoisotopic (exact) mass is 583 g/mol. The third-order valence-corrected chi connectivity index (χ3v) is 7.72. The zero-order chi connectivity index (χ0) is 27.7. The second-order valence-corrected chi connectivity index (χ2v) is 10.6. The molecule has 5 aromatic rings. The molecule has 198 valence electrons. The molecule has 2 aromatic heterocycles. The first kappa shape index (κ1) is 26.8. The molecule has 0 saturated heterocycles. The Labute approximate surface area is 236 Å². The van der Waals surface area contributed by atoms with E-state index in [0.29, 0.717) is 17.7 Å². The second-order valence-electron chi connectivity index (χ2n) is 9.77. The fraction of sp³-hybridized carbons (Fsp3) is 0.188. The number of benzene rings is 3. The van der Waals surface area contributed by atoms with Crippen molar-refractivity contribution < 1.29 is 15.0 Å². The molecule has 1 amide bonds. The van der Waals surface area contributed by atoms with Gasteiger partial charge in [-0.3, -0.25) is 4.79 Å². The molecule has 0 radical (unpaired) electrons. The third-order valence-electron chi connectivity index (χ3n) is 7.27. The maximum absolute atomic E-state index is 13.1. The summed E-state index contributed by atoms with van der Waals surface area (Å²) in [5, 5.41) is 23.6. The number of nitrogens with one attached hydrogen (secondary N) is 1. The fourth-order valence-corrected chi connectivity index (χ4v) is 5.33. The third kappa shape index (κ3) is 5.52. The van der Waals surface area contributed by atoms with Crippen molar-refractivity contribution in [1.82, 2.24) is 14.9 Å². The Bertz CT molecular complexity index is 1660. The molecular formula is C32H30BrN3O3. The number of fused-ring (bicyclic) bond motifs is 1. The molecule has 0 aliphatic rings. The van der Waals surface area contributed by atoms with Crippen molar-refractivity contribution in [3.05, 3.63) is 123 Å². The van der Waals surface area contributed by atoms with Crippen molar-refractivity contribution >= 4 is 32.7 Å². The molecule has 7 heteroatoms. The number of amides is 1. The van der Waals surface area contributed by atoms with E-state index in [1.54, 1.807) is 12.1 Å². The predicted octanol–water partition coefficient (Wildman–Crippen LogP) is 6.61. The van der Waals surface area contributed by atoms with Gasteiger partial charge in [-0.1, -0.05) is 54.6 Å². The summed E-state index contributed by atoms with van der Waals surface area (Å²) < 4.78 is 3.00. The van der Waals surface area contributed by atoms with Gasteiger partial charge in [0.25, 0.3) is 5.91 Å². The van der Waals surface area contributed by atoms with Crippen LogP contribution in [0, 0.1) is 13.8 Å². The molecule has 1 atom stereocenters. The van der Waals surface area contributed by atoms with Crippen molar-refractivity contribution in [2.24, 2.45) is 0 Å². The number of aliphatic hydroxyl groups is 2. The number of aliphatic hydroxyl groups excluding tert-OH is 1. The number of rotatable bonds is 7. The first-order chi connectivity index (χ1) is 18.7. The van der Waals surface area contributed by atoms with Gasteiger partial charge in [0.1, 0.15) is 4.60 Å². The summed E-state index contributed by atoms with van der Waals surface area (Å²) in [6, 6.07) is 26.7. The zero-order valence-electron chi connectivity index (χ0n) is 22.0. The summed E-state index contributed by atoms with van der Waals surface area (Å²) >= 11 is 3.39. The number of carbonyl (C=O) groups is 1. The van der Waals surface area contributed by atoms with Gasteiger partial charge in [-0.2, -0.15) is 0 Å². The summed E-state index contributed by atoms with van der Waals surface area (Å²) in [6.45, 7) is 6.79. The number of carbonyl (C=O) groups excluding carboxylic acids is 1. The number of nitrogens with zero attached hydrogens (tertiary/aromatic N) is 2. The lowest BCUT2D eigenvalue weighted by Gasteiger charge is -2.14. The van der Waals surface area contributed by atoms with E-state index < -0.39 is 6.29 Å². The Morgan fingerprint density at radius 1 is 0.974 bits per heavy atom. The Kier molecular flexibility index (Phi) is 7.66. The molecule has 0 saturated carbocycles. The minimum Gasteiger partial charge on any atom is -0.364 e. The molecule has 6 nitrogen and oxygen atoms in total. The Hall–Kier alpha value is -3.78. The maximum Gasteiger partial charge on any atom is 0.251 e. The number of hydrogen-bond donors (Lipinski definition) is 3. The second kappa shape index (κ2) is 11.1. The van der Waals surface area contributed by atoms with Crippen molar-refractivity contribution in [3.63, 3.8) is 0 Å². The fourth-order valence-electron chi connectivity index (χ4n) is 4.97. The summed E-state index contributed by atoms with van der Waals surface area (Å²) in [5.74, 6) is -0.139. The Balaban J connectivity index is 1.38. The minimum absolute atomic E-state index is 0.139. The molecule has 0 aliphatic carbocycles. The van der Waals surface area contributed by atoms with Crippen molar-refractivity contribution in [1.29, 1.82) is 0 Å². The lowest BCUT2D eigenvalue weighted by Crippen LogP contribution is -2.27. The summed E-state index contributed by atoms with van der Waals surface area (Å²) in [4.78, 5) is 17.5. The molecule has 2 heterocycles. The lowest BCUT2D eigenvalue weighted by atomic mass is 9.98. The normalized spacial score (nSPS) is 12.2. The van der Waals surface area contributed by atoms with Crippen LogP contribution < -0.4 is 5.32 Å². The van der Waals surface area contributed by atoms with Crippen LogP contribution in [-0.4, -0.2) is 25.7 Å². The standard InChI is InChI=1S/C32H30BrN3O3/c1-19-21(3)36(18-22-11-13-23(14-12-22)25-7-4-5-8-26(25)32(38)39)29-16-15-24(17-27(19)29)31(37)34-20(2)28-9-6-10-30(33)35-28/h4-17,20,32,38-39H,18H2,1-3H3,(H,34,37). The first-order valence-electron chi connectivity index (χ1n) is 12.8. The maximum atomic E-state index is 13.1. The van der Waals surface area contributed by atoms with Gasteiger partial charge in [-0.15, -0.1) is 0 Å². The lowest BCUT2D eigenvalue weighted by molar-refractivity contribution is -0.0420. The van der Waals surface area contributed by atoms with E-state index >= 15 is 0 Å². The van der Waals surface area contributed by atoms with Crippen molar-refractivity contribution in [2.45, 2.75) is 39.6 Å². The van der Waals surface area contributed by atoms with Crippen LogP contribution in [0.4, 0.5) is 0 Å². The topological polar surface area (TPSA) is 87.4 Å². The number of aromatic nitrogens is 2. The molecule has 0 fully saturated rings. The average molecular weight is 585 g/mol. The highest BCUT2D eigenvalue weighted by molar-refractivity contribution is 9.10. The van der Waals surface area contributed by atoms with Gasteiger partial charge in [0.15, 0.2) is 6.29 Å². The average Bonchev–Trinajstić information content (AvgIpc) is 3.17. The van der Waals surface area contributed by atoms with Crippen molar-refractivity contribution in [3.8, 4) is 11.1 Å². The van der Waals surface area contributed by atoms with E-state index in [9.17, 15) is 15.0 Å². The van der Waals surface area contributed by atoms with Gasteiger partial charge in [0.2, 0.25) is 0 Å². The van der Waals surface area contributed by atoms with Crippen LogP contribution in [-0.2, 0) is 6.54 Å². The summed E-state index contributed by atoms with van der Waals surface area (Å²) in [6.07, 6.45) is -1.52. The SMILES string of the molecule is Cc1c(C)n(Cc2ccc(-c3ccccc3C(O)O)cc2)c2ccc(C(=O)NC(C)c3cccc(Br)n3)cc12. The number of aryl methyl sites for hydroxylation is 1. The van der Waals surface area contributed by atoms with Gasteiger partial charge >= 0.3 is 0 Å². The van der Waals surface area contributed by atoms with Crippen LogP contribution in [0.25, 0.3) is 22.0 Å². The van der Waals surface area contributed by atoms with Crippen LogP contribution in [0.15, 0.2) is 89.5 Å². The summed E-state index contributed by atoms with van der Waals surface area (Å²) in [7, 11) is 0. The van der Waals surface area contributed by atoms with Crippen LogP contribution in [0.5, 0.6) is 0 Å².